The molecule has 8 nitrogen and oxygen atoms in total. The first-order chi connectivity index (χ1) is 13.4. The molecule has 3 aromatic rings. The minimum absolute atomic E-state index is 0.0432. The molecule has 0 saturated carbocycles. The molecule has 0 radical (unpaired) electrons. The molecule has 4 rings (SSSR count). The van der Waals surface area contributed by atoms with Crippen molar-refractivity contribution in [2.45, 2.75) is 17.5 Å². The van der Waals surface area contributed by atoms with Crippen LogP contribution in [-0.2, 0) is 14.6 Å². The highest BCUT2D eigenvalue weighted by Gasteiger charge is 2.32. The van der Waals surface area contributed by atoms with E-state index < -0.39 is 9.84 Å². The Morgan fingerprint density at radius 1 is 1.29 bits per heavy atom. The third-order valence-electron chi connectivity index (χ3n) is 4.81. The maximum absolute atomic E-state index is 12.5. The molecule has 0 aliphatic carbocycles. The average Bonchev–Trinajstić information content (AvgIpc) is 3.29. The lowest BCUT2D eigenvalue weighted by atomic mass is 10.2. The number of sulfone groups is 1. The van der Waals surface area contributed by atoms with Gasteiger partial charge in [-0.1, -0.05) is 30.0 Å². The molecular weight excluding hydrogens is 398 g/mol. The number of benzene rings is 1. The van der Waals surface area contributed by atoms with E-state index in [1.807, 2.05) is 30.3 Å². The maximum atomic E-state index is 12.5. The Bertz CT molecular complexity index is 1110. The van der Waals surface area contributed by atoms with Crippen molar-refractivity contribution in [1.82, 2.24) is 24.6 Å². The van der Waals surface area contributed by atoms with Crippen LogP contribution in [0, 0.1) is 0 Å². The van der Waals surface area contributed by atoms with Gasteiger partial charge in [0.25, 0.3) is 0 Å². The van der Waals surface area contributed by atoms with E-state index in [1.165, 1.54) is 18.1 Å². The number of para-hydroxylation sites is 1. The maximum Gasteiger partial charge on any atom is 0.233 e. The van der Waals surface area contributed by atoms with Gasteiger partial charge in [0.2, 0.25) is 5.91 Å². The van der Waals surface area contributed by atoms with Gasteiger partial charge in [-0.15, -0.1) is 0 Å². The molecule has 10 heteroatoms. The number of fused-ring (bicyclic) bond motifs is 1. The summed E-state index contributed by atoms with van der Waals surface area (Å²) in [7, 11) is -1.36. The number of carbonyl (C=O) groups is 1. The number of rotatable bonds is 5. The van der Waals surface area contributed by atoms with Gasteiger partial charge in [0.05, 0.1) is 34.5 Å². The van der Waals surface area contributed by atoms with E-state index in [0.717, 1.165) is 11.1 Å². The van der Waals surface area contributed by atoms with E-state index in [2.05, 4.69) is 15.1 Å². The van der Waals surface area contributed by atoms with Crippen molar-refractivity contribution in [3.05, 3.63) is 42.9 Å². The SMILES string of the molecule is CN(C(=O)CSc1ncnc2c1cnn2-c1ccccc1)[C@@H]1CCS(=O)(=O)C1. The smallest absolute Gasteiger partial charge is 0.233 e. The van der Waals surface area contributed by atoms with Crippen LogP contribution < -0.4 is 0 Å². The molecule has 0 bridgehead atoms. The Kier molecular flexibility index (Phi) is 5.07. The van der Waals surface area contributed by atoms with Gasteiger partial charge in [-0.25, -0.2) is 23.1 Å². The van der Waals surface area contributed by atoms with Gasteiger partial charge >= 0.3 is 0 Å². The lowest BCUT2D eigenvalue weighted by Gasteiger charge is -2.23. The van der Waals surface area contributed by atoms with Crippen LogP contribution in [0.25, 0.3) is 16.7 Å². The average molecular weight is 418 g/mol. The standard InChI is InChI=1S/C18H19N5O3S2/c1-22(14-7-8-28(25,26)11-14)16(24)10-27-18-15-9-21-23(17(15)19-12-20-18)13-5-3-2-4-6-13/h2-6,9,12,14H,7-8,10-11H2,1H3/t14-/m1/s1. The van der Waals surface area contributed by atoms with Crippen LogP contribution in [0.15, 0.2) is 47.9 Å². The predicted octanol–water partition coefficient (Wildman–Crippen LogP) is 1.55. The van der Waals surface area contributed by atoms with Crippen molar-refractivity contribution in [2.24, 2.45) is 0 Å². The van der Waals surface area contributed by atoms with Crippen molar-refractivity contribution in [3.63, 3.8) is 0 Å². The molecule has 0 N–H and O–H groups in total. The quantitative estimate of drug-likeness (QED) is 0.459. The molecule has 146 valence electrons. The number of nitrogens with zero attached hydrogens (tertiary/aromatic N) is 5. The summed E-state index contributed by atoms with van der Waals surface area (Å²) in [5, 5.41) is 5.85. The number of thioether (sulfide) groups is 1. The summed E-state index contributed by atoms with van der Waals surface area (Å²) in [6.45, 7) is 0. The number of carbonyl (C=O) groups excluding carboxylic acids is 1. The number of amides is 1. The van der Waals surface area contributed by atoms with Crippen molar-refractivity contribution >= 4 is 38.5 Å². The van der Waals surface area contributed by atoms with Crippen molar-refractivity contribution in [3.8, 4) is 5.69 Å². The lowest BCUT2D eigenvalue weighted by molar-refractivity contribution is -0.128. The zero-order chi connectivity index (χ0) is 19.7. The first-order valence-electron chi connectivity index (χ1n) is 8.78. The first-order valence-corrected chi connectivity index (χ1v) is 11.6. The lowest BCUT2D eigenvalue weighted by Crippen LogP contribution is -2.38. The molecule has 1 amide bonds. The summed E-state index contributed by atoms with van der Waals surface area (Å²) >= 11 is 1.31. The third-order valence-corrected chi connectivity index (χ3v) is 7.55. The fourth-order valence-electron chi connectivity index (χ4n) is 3.21. The van der Waals surface area contributed by atoms with E-state index >= 15 is 0 Å². The second kappa shape index (κ2) is 7.51. The van der Waals surface area contributed by atoms with Crippen LogP contribution in [0.1, 0.15) is 6.42 Å². The molecule has 1 aromatic carbocycles. The summed E-state index contributed by atoms with van der Waals surface area (Å²) in [6.07, 6.45) is 3.66. The van der Waals surface area contributed by atoms with Gasteiger partial charge in [-0.2, -0.15) is 5.10 Å². The van der Waals surface area contributed by atoms with Gasteiger partial charge in [0, 0.05) is 13.1 Å². The summed E-state index contributed by atoms with van der Waals surface area (Å²) in [5.74, 6) is 0.250. The van der Waals surface area contributed by atoms with E-state index in [0.29, 0.717) is 17.1 Å². The minimum Gasteiger partial charge on any atom is -0.341 e. The van der Waals surface area contributed by atoms with E-state index in [-0.39, 0.29) is 29.2 Å². The molecule has 0 unspecified atom stereocenters. The summed E-state index contributed by atoms with van der Waals surface area (Å²) in [5.41, 5.74) is 1.57. The Hall–Kier alpha value is -2.46. The van der Waals surface area contributed by atoms with Crippen LogP contribution in [0.5, 0.6) is 0 Å². The monoisotopic (exact) mass is 417 g/mol. The van der Waals surface area contributed by atoms with E-state index in [9.17, 15) is 13.2 Å². The molecule has 0 spiro atoms. The normalized spacial score (nSPS) is 18.4. The highest BCUT2D eigenvalue weighted by molar-refractivity contribution is 8.00. The molecule has 1 saturated heterocycles. The summed E-state index contributed by atoms with van der Waals surface area (Å²) in [4.78, 5) is 22.7. The highest BCUT2D eigenvalue weighted by atomic mass is 32.2. The second-order valence-corrected chi connectivity index (χ2v) is 9.85. The summed E-state index contributed by atoms with van der Waals surface area (Å²) in [6, 6.07) is 9.42. The first kappa shape index (κ1) is 18.9. The fraction of sp³-hybridized carbons (Fsp3) is 0.333. The second-order valence-electron chi connectivity index (χ2n) is 6.66. The van der Waals surface area contributed by atoms with Gasteiger partial charge in [0.15, 0.2) is 15.5 Å². The largest absolute Gasteiger partial charge is 0.341 e. The zero-order valence-electron chi connectivity index (χ0n) is 15.2. The molecule has 1 aliphatic heterocycles. The van der Waals surface area contributed by atoms with Crippen LogP contribution in [0.4, 0.5) is 0 Å². The third kappa shape index (κ3) is 3.74. The Morgan fingerprint density at radius 2 is 2.07 bits per heavy atom. The number of hydrogen-bond acceptors (Lipinski definition) is 7. The molecule has 2 aromatic heterocycles. The van der Waals surface area contributed by atoms with Gasteiger partial charge in [-0.3, -0.25) is 4.79 Å². The van der Waals surface area contributed by atoms with Gasteiger partial charge in [-0.05, 0) is 18.6 Å². The number of aromatic nitrogens is 4. The molecule has 1 fully saturated rings. The molecule has 1 atom stereocenters. The van der Waals surface area contributed by atoms with Gasteiger partial charge < -0.3 is 4.90 Å². The Morgan fingerprint density at radius 3 is 2.79 bits per heavy atom. The topological polar surface area (TPSA) is 98.1 Å². The van der Waals surface area contributed by atoms with Crippen molar-refractivity contribution in [1.29, 1.82) is 0 Å². The van der Waals surface area contributed by atoms with Crippen molar-refractivity contribution < 1.29 is 13.2 Å². The predicted molar refractivity (Wildman–Crippen MR) is 107 cm³/mol. The highest BCUT2D eigenvalue weighted by Crippen LogP contribution is 2.26. The minimum atomic E-state index is -3.03. The summed E-state index contributed by atoms with van der Waals surface area (Å²) < 4.78 is 25.0. The van der Waals surface area contributed by atoms with Crippen LogP contribution in [0.2, 0.25) is 0 Å². The Balaban J connectivity index is 1.50. The molecule has 28 heavy (non-hydrogen) atoms. The fourth-order valence-corrected chi connectivity index (χ4v) is 5.87. The van der Waals surface area contributed by atoms with Crippen LogP contribution >= 0.6 is 11.8 Å². The molecular formula is C18H19N5O3S2. The van der Waals surface area contributed by atoms with Crippen LogP contribution in [-0.4, -0.2) is 69.3 Å². The van der Waals surface area contributed by atoms with E-state index in [1.54, 1.807) is 22.8 Å². The van der Waals surface area contributed by atoms with Crippen LogP contribution in [0.3, 0.4) is 0 Å². The molecule has 3 heterocycles. The zero-order valence-corrected chi connectivity index (χ0v) is 16.9. The Labute approximate surface area is 166 Å². The molecule has 1 aliphatic rings. The van der Waals surface area contributed by atoms with Crippen molar-refractivity contribution in [2.75, 3.05) is 24.3 Å². The van der Waals surface area contributed by atoms with Gasteiger partial charge in [0.1, 0.15) is 11.4 Å². The number of hydrogen-bond donors (Lipinski definition) is 0. The van der Waals surface area contributed by atoms with E-state index in [4.69, 9.17) is 0 Å².